The average Bonchev–Trinajstić information content (AvgIpc) is 2.45. The van der Waals surface area contributed by atoms with Crippen LogP contribution in [0, 0.1) is 5.92 Å². The van der Waals surface area contributed by atoms with E-state index in [1.807, 2.05) is 43.3 Å². The Morgan fingerprint density at radius 2 is 1.80 bits per heavy atom. The zero-order chi connectivity index (χ0) is 15.0. The van der Waals surface area contributed by atoms with Gasteiger partial charge >= 0.3 is 0 Å². The molecule has 0 bridgehead atoms. The van der Waals surface area contributed by atoms with Gasteiger partial charge in [-0.25, -0.2) is 0 Å². The van der Waals surface area contributed by atoms with E-state index >= 15 is 0 Å². The first-order valence-corrected chi connectivity index (χ1v) is 6.69. The number of rotatable bonds is 8. The van der Waals surface area contributed by atoms with Crippen LogP contribution < -0.4 is 4.74 Å². The van der Waals surface area contributed by atoms with Crippen LogP contribution in [0.25, 0.3) is 6.08 Å². The predicted molar refractivity (Wildman–Crippen MR) is 79.6 cm³/mol. The molecule has 0 saturated heterocycles. The normalized spacial score (nSPS) is 16.1. The second kappa shape index (κ2) is 8.74. The third-order valence-corrected chi connectivity index (χ3v) is 3.08. The Hall–Kier alpha value is -1.36. The largest absolute Gasteiger partial charge is 0.497 e. The number of methoxy groups -OCH3 is 2. The Morgan fingerprint density at radius 1 is 1.15 bits per heavy atom. The van der Waals surface area contributed by atoms with E-state index < -0.39 is 6.10 Å². The van der Waals surface area contributed by atoms with Gasteiger partial charge in [0.25, 0.3) is 0 Å². The molecule has 20 heavy (non-hydrogen) atoms. The smallest absolute Gasteiger partial charge is 0.146 e. The number of hydrogen-bond acceptors (Lipinski definition) is 4. The SMILES string of the molecule is COCO[C@H]([C@H](C)O)[C@@H](C)/C=C/c1ccc(OC)cc1. The van der Waals surface area contributed by atoms with Gasteiger partial charge in [0.15, 0.2) is 0 Å². The molecule has 3 atom stereocenters. The first-order chi connectivity index (χ1) is 9.58. The van der Waals surface area contributed by atoms with E-state index in [9.17, 15) is 5.11 Å². The van der Waals surface area contributed by atoms with Gasteiger partial charge in [-0.1, -0.05) is 31.2 Å². The number of benzene rings is 1. The van der Waals surface area contributed by atoms with Gasteiger partial charge in [0, 0.05) is 13.0 Å². The lowest BCUT2D eigenvalue weighted by Gasteiger charge is -2.24. The van der Waals surface area contributed by atoms with Crippen LogP contribution in [0.1, 0.15) is 19.4 Å². The van der Waals surface area contributed by atoms with Crippen LogP contribution in [-0.2, 0) is 9.47 Å². The lowest BCUT2D eigenvalue weighted by Crippen LogP contribution is -2.32. The van der Waals surface area contributed by atoms with E-state index in [0.717, 1.165) is 11.3 Å². The third-order valence-electron chi connectivity index (χ3n) is 3.08. The average molecular weight is 280 g/mol. The first-order valence-electron chi connectivity index (χ1n) is 6.69. The topological polar surface area (TPSA) is 47.9 Å². The van der Waals surface area contributed by atoms with Gasteiger partial charge in [-0.05, 0) is 24.6 Å². The van der Waals surface area contributed by atoms with Crippen LogP contribution in [0.5, 0.6) is 5.75 Å². The summed E-state index contributed by atoms with van der Waals surface area (Å²) in [5.74, 6) is 0.910. The Bertz CT molecular complexity index is 397. The lowest BCUT2D eigenvalue weighted by atomic mass is 9.99. The molecule has 0 saturated carbocycles. The summed E-state index contributed by atoms with van der Waals surface area (Å²) in [7, 11) is 3.21. The van der Waals surface area contributed by atoms with Crippen molar-refractivity contribution in [1.82, 2.24) is 0 Å². The summed E-state index contributed by atoms with van der Waals surface area (Å²) >= 11 is 0. The fraction of sp³-hybridized carbons (Fsp3) is 0.500. The van der Waals surface area contributed by atoms with Crippen molar-refractivity contribution in [3.8, 4) is 5.75 Å². The molecular formula is C16H24O4. The summed E-state index contributed by atoms with van der Waals surface area (Å²) in [6.45, 7) is 3.90. The van der Waals surface area contributed by atoms with Crippen molar-refractivity contribution in [2.45, 2.75) is 26.1 Å². The van der Waals surface area contributed by atoms with E-state index in [0.29, 0.717) is 0 Å². The minimum absolute atomic E-state index is 0.0762. The molecule has 4 heteroatoms. The van der Waals surface area contributed by atoms with Crippen molar-refractivity contribution in [3.05, 3.63) is 35.9 Å². The zero-order valence-corrected chi connectivity index (χ0v) is 12.6. The van der Waals surface area contributed by atoms with Gasteiger partial charge in [0.05, 0.1) is 19.3 Å². The summed E-state index contributed by atoms with van der Waals surface area (Å²) < 4.78 is 15.5. The van der Waals surface area contributed by atoms with Crippen LogP contribution in [-0.4, -0.2) is 38.3 Å². The summed E-state index contributed by atoms with van der Waals surface area (Å²) in [4.78, 5) is 0. The van der Waals surface area contributed by atoms with Crippen molar-refractivity contribution in [2.24, 2.45) is 5.92 Å². The van der Waals surface area contributed by atoms with E-state index in [-0.39, 0.29) is 18.8 Å². The highest BCUT2D eigenvalue weighted by Crippen LogP contribution is 2.17. The van der Waals surface area contributed by atoms with Gasteiger partial charge in [0.2, 0.25) is 0 Å². The highest BCUT2D eigenvalue weighted by Gasteiger charge is 2.20. The second-order valence-electron chi connectivity index (χ2n) is 4.77. The molecule has 0 spiro atoms. The molecule has 0 fully saturated rings. The molecule has 1 N–H and O–H groups in total. The van der Waals surface area contributed by atoms with Crippen molar-refractivity contribution in [3.63, 3.8) is 0 Å². The van der Waals surface area contributed by atoms with Crippen LogP contribution in [0.4, 0.5) is 0 Å². The molecule has 0 aliphatic heterocycles. The molecule has 1 aromatic carbocycles. The highest BCUT2D eigenvalue weighted by molar-refractivity contribution is 5.50. The number of ether oxygens (including phenoxy) is 3. The molecule has 0 amide bonds. The van der Waals surface area contributed by atoms with E-state index in [4.69, 9.17) is 14.2 Å². The van der Waals surface area contributed by atoms with Crippen molar-refractivity contribution >= 4 is 6.08 Å². The molecule has 0 unspecified atom stereocenters. The summed E-state index contributed by atoms with van der Waals surface area (Å²) in [6.07, 6.45) is 3.19. The highest BCUT2D eigenvalue weighted by atomic mass is 16.7. The second-order valence-corrected chi connectivity index (χ2v) is 4.77. The minimum atomic E-state index is -0.555. The summed E-state index contributed by atoms with van der Waals surface area (Å²) in [5, 5.41) is 9.74. The molecule has 0 aliphatic carbocycles. The van der Waals surface area contributed by atoms with Gasteiger partial charge < -0.3 is 19.3 Å². The van der Waals surface area contributed by atoms with Gasteiger partial charge in [-0.15, -0.1) is 0 Å². The van der Waals surface area contributed by atoms with Gasteiger partial charge in [-0.3, -0.25) is 0 Å². The summed E-state index contributed by atoms with van der Waals surface area (Å²) in [5.41, 5.74) is 1.08. The fourth-order valence-corrected chi connectivity index (χ4v) is 1.96. The quantitative estimate of drug-likeness (QED) is 0.744. The molecule has 0 aliphatic rings. The van der Waals surface area contributed by atoms with E-state index in [1.54, 1.807) is 21.1 Å². The lowest BCUT2D eigenvalue weighted by molar-refractivity contribution is -0.120. The standard InChI is InChI=1S/C16H24O4/c1-12(16(13(2)17)20-11-18-3)5-6-14-7-9-15(19-4)10-8-14/h5-10,12-13,16-17H,11H2,1-4H3/b6-5+/t12-,13-,16-/m0/s1. The van der Waals surface area contributed by atoms with E-state index in [2.05, 4.69) is 0 Å². The maximum Gasteiger partial charge on any atom is 0.146 e. The number of aliphatic hydroxyl groups is 1. The van der Waals surface area contributed by atoms with Crippen molar-refractivity contribution in [1.29, 1.82) is 0 Å². The van der Waals surface area contributed by atoms with Crippen LogP contribution in [0.2, 0.25) is 0 Å². The van der Waals surface area contributed by atoms with Gasteiger partial charge in [0.1, 0.15) is 12.5 Å². The molecule has 4 nitrogen and oxygen atoms in total. The van der Waals surface area contributed by atoms with Crippen LogP contribution in [0.3, 0.4) is 0 Å². The molecule has 1 rings (SSSR count). The third kappa shape index (κ3) is 5.33. The first kappa shape index (κ1) is 16.7. The molecular weight excluding hydrogens is 256 g/mol. The van der Waals surface area contributed by atoms with Gasteiger partial charge in [-0.2, -0.15) is 0 Å². The Labute approximate surface area is 121 Å². The Balaban J connectivity index is 2.65. The maximum absolute atomic E-state index is 9.74. The molecule has 0 radical (unpaired) electrons. The molecule has 1 aromatic rings. The Morgan fingerprint density at radius 3 is 2.30 bits per heavy atom. The monoisotopic (exact) mass is 280 g/mol. The predicted octanol–water partition coefficient (Wildman–Crippen LogP) is 2.71. The van der Waals surface area contributed by atoms with Crippen LogP contribution >= 0.6 is 0 Å². The number of hydrogen-bond donors (Lipinski definition) is 1. The van der Waals surface area contributed by atoms with Crippen LogP contribution in [0.15, 0.2) is 30.3 Å². The molecule has 112 valence electrons. The zero-order valence-electron chi connectivity index (χ0n) is 12.6. The number of aliphatic hydroxyl groups excluding tert-OH is 1. The van der Waals surface area contributed by atoms with Crippen molar-refractivity contribution < 1.29 is 19.3 Å². The molecule has 0 aromatic heterocycles. The minimum Gasteiger partial charge on any atom is -0.497 e. The molecule has 0 heterocycles. The summed E-state index contributed by atoms with van der Waals surface area (Å²) in [6, 6.07) is 7.79. The fourth-order valence-electron chi connectivity index (χ4n) is 1.96. The maximum atomic E-state index is 9.74. The van der Waals surface area contributed by atoms with Crippen molar-refractivity contribution in [2.75, 3.05) is 21.0 Å². The van der Waals surface area contributed by atoms with E-state index in [1.165, 1.54) is 0 Å². The Kier molecular flexibility index (Phi) is 7.30.